The summed E-state index contributed by atoms with van der Waals surface area (Å²) in [5, 5.41) is 0. The van der Waals surface area contributed by atoms with Gasteiger partial charge in [0, 0.05) is 12.6 Å². The summed E-state index contributed by atoms with van der Waals surface area (Å²) in [6.07, 6.45) is 0. The molecule has 0 amide bonds. The van der Waals surface area contributed by atoms with Gasteiger partial charge in [-0.25, -0.2) is 0 Å². The normalized spacial score (nSPS) is 46.0. The van der Waals surface area contributed by atoms with Gasteiger partial charge in [0.2, 0.25) is 0 Å². The maximum atomic E-state index is 2.44. The van der Waals surface area contributed by atoms with Crippen molar-refractivity contribution in [3.63, 3.8) is 0 Å². The van der Waals surface area contributed by atoms with Crippen LogP contribution in [0.1, 0.15) is 20.8 Å². The molecule has 1 heterocycles. The fourth-order valence-electron chi connectivity index (χ4n) is 1.66. The van der Waals surface area contributed by atoms with Gasteiger partial charge in [-0.3, -0.25) is 0 Å². The van der Waals surface area contributed by atoms with Crippen molar-refractivity contribution in [1.82, 2.24) is 4.90 Å². The molecule has 3 atom stereocenters. The van der Waals surface area contributed by atoms with Crippen molar-refractivity contribution < 1.29 is 0 Å². The van der Waals surface area contributed by atoms with Crippen molar-refractivity contribution in [2.75, 3.05) is 13.6 Å². The zero-order chi connectivity index (χ0) is 7.02. The molecule has 0 aromatic carbocycles. The van der Waals surface area contributed by atoms with Gasteiger partial charge >= 0.3 is 0 Å². The minimum absolute atomic E-state index is 0.792. The summed E-state index contributed by atoms with van der Waals surface area (Å²) < 4.78 is 0. The third kappa shape index (κ3) is 1.11. The molecule has 0 unspecified atom stereocenters. The fourth-order valence-corrected chi connectivity index (χ4v) is 1.66. The summed E-state index contributed by atoms with van der Waals surface area (Å²) in [5.74, 6) is 1.78. The molecule has 1 rings (SSSR count). The zero-order valence-corrected chi connectivity index (χ0v) is 6.89. The predicted molar refractivity (Wildman–Crippen MR) is 40.4 cm³/mol. The summed E-state index contributed by atoms with van der Waals surface area (Å²) in [7, 11) is 2.21. The minimum Gasteiger partial charge on any atom is -0.303 e. The van der Waals surface area contributed by atoms with Crippen LogP contribution in [0.5, 0.6) is 0 Å². The Bertz CT molecular complexity index is 88.7. The van der Waals surface area contributed by atoms with E-state index in [0.717, 1.165) is 17.9 Å². The second-order valence-electron chi connectivity index (χ2n) is 3.52. The van der Waals surface area contributed by atoms with Crippen LogP contribution < -0.4 is 0 Å². The molecule has 0 aromatic heterocycles. The smallest absolute Gasteiger partial charge is 0.00926 e. The first-order valence-electron chi connectivity index (χ1n) is 3.83. The molecule has 1 aliphatic heterocycles. The van der Waals surface area contributed by atoms with Gasteiger partial charge in [0.15, 0.2) is 0 Å². The summed E-state index contributed by atoms with van der Waals surface area (Å²) in [5.41, 5.74) is 0. The molecule has 54 valence electrons. The predicted octanol–water partition coefficient (Wildman–Crippen LogP) is 1.59. The number of rotatable bonds is 0. The highest BCUT2D eigenvalue weighted by molar-refractivity contribution is 4.83. The molecule has 0 saturated carbocycles. The molecule has 0 aliphatic carbocycles. The molecule has 9 heavy (non-hydrogen) atoms. The van der Waals surface area contributed by atoms with Crippen molar-refractivity contribution >= 4 is 0 Å². The Morgan fingerprint density at radius 1 is 1.22 bits per heavy atom. The lowest BCUT2D eigenvalue weighted by molar-refractivity contribution is 0.300. The van der Waals surface area contributed by atoms with Crippen LogP contribution in [0.3, 0.4) is 0 Å². The van der Waals surface area contributed by atoms with Crippen LogP contribution in [0.15, 0.2) is 0 Å². The van der Waals surface area contributed by atoms with E-state index in [4.69, 9.17) is 0 Å². The average molecular weight is 127 g/mol. The molecule has 1 nitrogen and oxygen atoms in total. The van der Waals surface area contributed by atoms with Gasteiger partial charge in [0.1, 0.15) is 0 Å². The van der Waals surface area contributed by atoms with Gasteiger partial charge in [-0.1, -0.05) is 13.8 Å². The molecule has 1 heteroatoms. The fraction of sp³-hybridized carbons (Fsp3) is 1.00. The average Bonchev–Trinajstić information content (AvgIpc) is 1.98. The van der Waals surface area contributed by atoms with Crippen LogP contribution in [-0.4, -0.2) is 24.5 Å². The first-order chi connectivity index (χ1) is 4.13. The molecule has 0 radical (unpaired) electrons. The lowest BCUT2D eigenvalue weighted by Gasteiger charge is -2.16. The zero-order valence-electron chi connectivity index (χ0n) is 6.89. The minimum atomic E-state index is 0.792. The monoisotopic (exact) mass is 127 g/mol. The lowest BCUT2D eigenvalue weighted by Crippen LogP contribution is -2.24. The molecule has 0 spiro atoms. The molecule has 1 saturated heterocycles. The molecular weight excluding hydrogens is 110 g/mol. The first-order valence-corrected chi connectivity index (χ1v) is 3.83. The van der Waals surface area contributed by atoms with E-state index in [-0.39, 0.29) is 0 Å². The van der Waals surface area contributed by atoms with Crippen LogP contribution in [-0.2, 0) is 0 Å². The Kier molecular flexibility index (Phi) is 1.80. The topological polar surface area (TPSA) is 3.24 Å². The van der Waals surface area contributed by atoms with Gasteiger partial charge in [-0.15, -0.1) is 0 Å². The van der Waals surface area contributed by atoms with Gasteiger partial charge in [-0.05, 0) is 25.8 Å². The van der Waals surface area contributed by atoms with Crippen molar-refractivity contribution in [2.45, 2.75) is 26.8 Å². The van der Waals surface area contributed by atoms with Crippen LogP contribution in [0.25, 0.3) is 0 Å². The van der Waals surface area contributed by atoms with Crippen molar-refractivity contribution in [1.29, 1.82) is 0 Å². The van der Waals surface area contributed by atoms with Crippen molar-refractivity contribution in [3.05, 3.63) is 0 Å². The second kappa shape index (κ2) is 2.30. The summed E-state index contributed by atoms with van der Waals surface area (Å²) >= 11 is 0. The van der Waals surface area contributed by atoms with Gasteiger partial charge in [-0.2, -0.15) is 0 Å². The van der Waals surface area contributed by atoms with E-state index in [1.165, 1.54) is 6.54 Å². The van der Waals surface area contributed by atoms with E-state index in [1.54, 1.807) is 0 Å². The van der Waals surface area contributed by atoms with Crippen molar-refractivity contribution in [2.24, 2.45) is 11.8 Å². The highest BCUT2D eigenvalue weighted by Gasteiger charge is 2.30. The number of likely N-dealkylation sites (tertiary alicyclic amines) is 1. The van der Waals surface area contributed by atoms with E-state index in [2.05, 4.69) is 32.7 Å². The summed E-state index contributed by atoms with van der Waals surface area (Å²) in [6.45, 7) is 8.28. The standard InChI is InChI=1S/C8H17N/c1-6-5-9(4)8(3)7(6)2/h6-8H,5H2,1-4H3/t6-,7-,8-/m0/s1. The number of nitrogens with zero attached hydrogens (tertiary/aromatic N) is 1. The maximum Gasteiger partial charge on any atom is 0.00926 e. The Balaban J connectivity index is 2.54. The Morgan fingerprint density at radius 2 is 1.78 bits per heavy atom. The molecule has 0 bridgehead atoms. The molecule has 0 aromatic rings. The number of hydrogen-bond acceptors (Lipinski definition) is 1. The van der Waals surface area contributed by atoms with Gasteiger partial charge in [0.25, 0.3) is 0 Å². The molecule has 0 N–H and O–H groups in total. The molecule has 1 aliphatic rings. The van der Waals surface area contributed by atoms with E-state index >= 15 is 0 Å². The van der Waals surface area contributed by atoms with E-state index in [0.29, 0.717) is 0 Å². The van der Waals surface area contributed by atoms with E-state index in [1.807, 2.05) is 0 Å². The number of hydrogen-bond donors (Lipinski definition) is 0. The third-order valence-electron chi connectivity index (χ3n) is 2.93. The first kappa shape index (κ1) is 7.07. The third-order valence-corrected chi connectivity index (χ3v) is 2.93. The highest BCUT2D eigenvalue weighted by atomic mass is 15.2. The summed E-state index contributed by atoms with van der Waals surface area (Å²) in [6, 6.07) is 0.792. The van der Waals surface area contributed by atoms with Crippen LogP contribution in [0.4, 0.5) is 0 Å². The SMILES string of the molecule is C[C@H]1[C@@H](C)CN(C)[C@H]1C. The Hall–Kier alpha value is -0.0400. The van der Waals surface area contributed by atoms with Gasteiger partial charge < -0.3 is 4.90 Å². The highest BCUT2D eigenvalue weighted by Crippen LogP contribution is 2.26. The second-order valence-corrected chi connectivity index (χ2v) is 3.52. The lowest BCUT2D eigenvalue weighted by atomic mass is 9.95. The van der Waals surface area contributed by atoms with Crippen molar-refractivity contribution in [3.8, 4) is 0 Å². The van der Waals surface area contributed by atoms with E-state index in [9.17, 15) is 0 Å². The Morgan fingerprint density at radius 3 is 1.89 bits per heavy atom. The van der Waals surface area contributed by atoms with Crippen LogP contribution >= 0.6 is 0 Å². The molecule has 1 fully saturated rings. The van der Waals surface area contributed by atoms with Crippen LogP contribution in [0.2, 0.25) is 0 Å². The van der Waals surface area contributed by atoms with Gasteiger partial charge in [0.05, 0.1) is 0 Å². The maximum absolute atomic E-state index is 2.44. The Labute approximate surface area is 58.0 Å². The largest absolute Gasteiger partial charge is 0.303 e. The quantitative estimate of drug-likeness (QED) is 0.477. The summed E-state index contributed by atoms with van der Waals surface area (Å²) in [4.78, 5) is 2.44. The van der Waals surface area contributed by atoms with E-state index < -0.39 is 0 Å². The molecular formula is C8H17N. The van der Waals surface area contributed by atoms with Crippen LogP contribution in [0, 0.1) is 11.8 Å².